The number of anilines is 5. The van der Waals surface area contributed by atoms with Crippen LogP contribution in [-0.4, -0.2) is 0 Å². The molecule has 0 amide bonds. The minimum atomic E-state index is -0.171. The normalized spacial score (nSPS) is 13.1. The molecule has 1 N–H and O–H groups in total. The van der Waals surface area contributed by atoms with Crippen molar-refractivity contribution in [3.8, 4) is 11.1 Å². The molecule has 0 saturated heterocycles. The van der Waals surface area contributed by atoms with Crippen LogP contribution in [0.3, 0.4) is 0 Å². The van der Waals surface area contributed by atoms with E-state index in [0.29, 0.717) is 0 Å². The second kappa shape index (κ2) is 10.6. The Bertz CT molecular complexity index is 2470. The molecule has 224 valence electrons. The van der Waals surface area contributed by atoms with Gasteiger partial charge < -0.3 is 10.2 Å². The number of hydrogen-bond donors (Lipinski definition) is 1. The summed E-state index contributed by atoms with van der Waals surface area (Å²) in [4.78, 5) is 2.46. The van der Waals surface area contributed by atoms with Crippen LogP contribution in [0.5, 0.6) is 0 Å². The Labute approximate surface area is 275 Å². The summed E-state index contributed by atoms with van der Waals surface area (Å²) >= 11 is 0. The summed E-state index contributed by atoms with van der Waals surface area (Å²) in [6.07, 6.45) is 0. The van der Waals surface area contributed by atoms with Gasteiger partial charge in [-0.15, -0.1) is 0 Å². The zero-order valence-corrected chi connectivity index (χ0v) is 26.5. The van der Waals surface area contributed by atoms with Gasteiger partial charge in [-0.05, 0) is 104 Å². The van der Waals surface area contributed by atoms with E-state index in [9.17, 15) is 0 Å². The Morgan fingerprint density at radius 2 is 1.02 bits per heavy atom. The monoisotopic (exact) mass is 602 g/mol. The van der Waals surface area contributed by atoms with Crippen LogP contribution in [0, 0.1) is 0 Å². The minimum Gasteiger partial charge on any atom is -0.356 e. The number of benzene rings is 8. The van der Waals surface area contributed by atoms with Crippen molar-refractivity contribution < 1.29 is 0 Å². The van der Waals surface area contributed by atoms with Crippen molar-refractivity contribution in [3.05, 3.63) is 175 Å². The van der Waals surface area contributed by atoms with Gasteiger partial charge in [0.1, 0.15) is 0 Å². The van der Waals surface area contributed by atoms with Crippen molar-refractivity contribution in [2.45, 2.75) is 19.3 Å². The molecule has 8 aromatic carbocycles. The molecule has 0 aliphatic heterocycles. The van der Waals surface area contributed by atoms with Crippen LogP contribution in [0.2, 0.25) is 0 Å². The van der Waals surface area contributed by atoms with Gasteiger partial charge in [-0.25, -0.2) is 0 Å². The molecule has 0 fully saturated rings. The van der Waals surface area contributed by atoms with Gasteiger partial charge in [-0.1, -0.05) is 123 Å². The highest BCUT2D eigenvalue weighted by molar-refractivity contribution is 6.14. The number of nitrogens with one attached hydrogen (secondary N) is 1. The summed E-state index contributed by atoms with van der Waals surface area (Å²) < 4.78 is 0. The Morgan fingerprint density at radius 3 is 1.83 bits per heavy atom. The maximum atomic E-state index is 3.61. The van der Waals surface area contributed by atoms with Crippen LogP contribution in [0.4, 0.5) is 28.4 Å². The van der Waals surface area contributed by atoms with Gasteiger partial charge in [0, 0.05) is 33.6 Å². The number of hydrogen-bond acceptors (Lipinski definition) is 2. The van der Waals surface area contributed by atoms with E-state index in [0.717, 1.165) is 22.7 Å². The van der Waals surface area contributed by atoms with Crippen molar-refractivity contribution in [3.63, 3.8) is 0 Å². The standard InChI is InChI=1S/C45H34N2/c1-45(2)42-28-34(46-33-15-4-3-5-16-33)21-24-39(42)40-25-23-36(29-43(40)45)47(35-22-20-30-12-6-7-13-31(30)26-35)44-27-32-14-8-9-17-37(32)38-18-10-11-19-41(38)44/h3-29,46H,1-2H3. The van der Waals surface area contributed by atoms with E-state index in [1.165, 1.54) is 60.3 Å². The highest BCUT2D eigenvalue weighted by Gasteiger charge is 2.36. The fraction of sp³-hybridized carbons (Fsp3) is 0.0667. The van der Waals surface area contributed by atoms with E-state index in [2.05, 4.69) is 182 Å². The third-order valence-corrected chi connectivity index (χ3v) is 9.96. The Balaban J connectivity index is 1.24. The van der Waals surface area contributed by atoms with Gasteiger partial charge in [0.15, 0.2) is 0 Å². The van der Waals surface area contributed by atoms with E-state index in [4.69, 9.17) is 0 Å². The highest BCUT2D eigenvalue weighted by atomic mass is 15.1. The Kier molecular flexibility index (Phi) is 6.20. The van der Waals surface area contributed by atoms with Crippen LogP contribution in [0.25, 0.3) is 43.4 Å². The van der Waals surface area contributed by atoms with Crippen molar-refractivity contribution in [1.82, 2.24) is 0 Å². The largest absolute Gasteiger partial charge is 0.356 e. The second-order valence-corrected chi connectivity index (χ2v) is 13.1. The minimum absolute atomic E-state index is 0.171. The Hall–Kier alpha value is -5.86. The number of fused-ring (bicyclic) bond motifs is 7. The molecule has 0 unspecified atom stereocenters. The third kappa shape index (κ3) is 4.48. The van der Waals surface area contributed by atoms with Crippen LogP contribution < -0.4 is 10.2 Å². The first-order chi connectivity index (χ1) is 23.0. The first-order valence-corrected chi connectivity index (χ1v) is 16.4. The summed E-state index contributed by atoms with van der Waals surface area (Å²) in [7, 11) is 0. The molecular weight excluding hydrogens is 569 g/mol. The van der Waals surface area contributed by atoms with Crippen LogP contribution in [-0.2, 0) is 5.41 Å². The molecule has 9 rings (SSSR count). The zero-order valence-electron chi connectivity index (χ0n) is 26.5. The average Bonchev–Trinajstić information content (AvgIpc) is 3.34. The Morgan fingerprint density at radius 1 is 0.426 bits per heavy atom. The molecule has 0 spiro atoms. The van der Waals surface area contributed by atoms with Crippen molar-refractivity contribution in [2.75, 3.05) is 10.2 Å². The molecule has 8 aromatic rings. The molecule has 2 nitrogen and oxygen atoms in total. The summed E-state index contributed by atoms with van der Waals surface area (Å²) in [5.74, 6) is 0. The van der Waals surface area contributed by atoms with Gasteiger partial charge in [0.05, 0.1) is 5.69 Å². The molecule has 0 heterocycles. The van der Waals surface area contributed by atoms with Gasteiger partial charge in [0.2, 0.25) is 0 Å². The summed E-state index contributed by atoms with van der Waals surface area (Å²) in [6.45, 7) is 4.72. The summed E-state index contributed by atoms with van der Waals surface area (Å²) in [6, 6.07) is 59.7. The third-order valence-electron chi connectivity index (χ3n) is 9.96. The van der Waals surface area contributed by atoms with E-state index in [1.54, 1.807) is 0 Å². The lowest BCUT2D eigenvalue weighted by molar-refractivity contribution is 0.660. The second-order valence-electron chi connectivity index (χ2n) is 13.1. The van der Waals surface area contributed by atoms with Gasteiger partial charge in [-0.3, -0.25) is 0 Å². The van der Waals surface area contributed by atoms with Crippen molar-refractivity contribution in [2.24, 2.45) is 0 Å². The molecular formula is C45H34N2. The number of rotatable bonds is 5. The molecule has 0 radical (unpaired) electrons. The molecule has 2 heteroatoms. The topological polar surface area (TPSA) is 15.3 Å². The lowest BCUT2D eigenvalue weighted by Crippen LogP contribution is -2.17. The highest BCUT2D eigenvalue weighted by Crippen LogP contribution is 2.52. The van der Waals surface area contributed by atoms with Crippen LogP contribution in [0.15, 0.2) is 164 Å². The number of para-hydroxylation sites is 1. The quantitative estimate of drug-likeness (QED) is 0.197. The fourth-order valence-corrected chi connectivity index (χ4v) is 7.59. The van der Waals surface area contributed by atoms with Crippen LogP contribution in [0.1, 0.15) is 25.0 Å². The lowest BCUT2D eigenvalue weighted by Gasteiger charge is -2.30. The molecule has 0 aromatic heterocycles. The van der Waals surface area contributed by atoms with E-state index in [-0.39, 0.29) is 5.41 Å². The first kappa shape index (κ1) is 27.5. The van der Waals surface area contributed by atoms with Gasteiger partial charge in [-0.2, -0.15) is 0 Å². The zero-order chi connectivity index (χ0) is 31.5. The van der Waals surface area contributed by atoms with Gasteiger partial charge in [0.25, 0.3) is 0 Å². The molecule has 0 saturated carbocycles. The summed E-state index contributed by atoms with van der Waals surface area (Å²) in [5, 5.41) is 11.1. The fourth-order valence-electron chi connectivity index (χ4n) is 7.59. The summed E-state index contributed by atoms with van der Waals surface area (Å²) in [5.41, 5.74) is 10.8. The van der Waals surface area contributed by atoms with Crippen molar-refractivity contribution >= 4 is 60.8 Å². The first-order valence-electron chi connectivity index (χ1n) is 16.4. The van der Waals surface area contributed by atoms with E-state index in [1.807, 2.05) is 6.07 Å². The molecule has 1 aliphatic carbocycles. The van der Waals surface area contributed by atoms with E-state index >= 15 is 0 Å². The van der Waals surface area contributed by atoms with Crippen LogP contribution >= 0.6 is 0 Å². The van der Waals surface area contributed by atoms with Gasteiger partial charge >= 0.3 is 0 Å². The molecule has 0 bridgehead atoms. The SMILES string of the molecule is CC1(C)c2cc(Nc3ccccc3)ccc2-c2ccc(N(c3ccc4ccccc4c3)c3cc4ccccc4c4ccccc34)cc21. The molecule has 47 heavy (non-hydrogen) atoms. The lowest BCUT2D eigenvalue weighted by atomic mass is 9.82. The average molecular weight is 603 g/mol. The van der Waals surface area contributed by atoms with Crippen molar-refractivity contribution in [1.29, 1.82) is 0 Å². The smallest absolute Gasteiger partial charge is 0.0546 e. The predicted octanol–water partition coefficient (Wildman–Crippen LogP) is 12.7. The predicted molar refractivity (Wildman–Crippen MR) is 201 cm³/mol. The van der Waals surface area contributed by atoms with E-state index < -0.39 is 0 Å². The molecule has 1 aliphatic rings. The maximum Gasteiger partial charge on any atom is 0.0546 e. The maximum absolute atomic E-state index is 3.61. The molecule has 0 atom stereocenters. The number of nitrogens with zero attached hydrogens (tertiary/aromatic N) is 1.